The van der Waals surface area contributed by atoms with Gasteiger partial charge in [-0.1, -0.05) is 0 Å². The number of anilines is 1. The van der Waals surface area contributed by atoms with Crippen LogP contribution in [0.4, 0.5) is 5.82 Å². The monoisotopic (exact) mass is 234 g/mol. The number of hydrogen-bond donors (Lipinski definition) is 1. The minimum Gasteiger partial charge on any atom is -0.462 e. The number of esters is 1. The fraction of sp³-hybridized carbons (Fsp3) is 0.364. The first-order chi connectivity index (χ1) is 8.04. The third-order valence-electron chi connectivity index (χ3n) is 2.40. The molecule has 0 spiro atoms. The van der Waals surface area contributed by atoms with Crippen LogP contribution in [0.15, 0.2) is 6.07 Å². The number of aromatic nitrogens is 3. The molecule has 90 valence electrons. The van der Waals surface area contributed by atoms with Gasteiger partial charge in [-0.25, -0.2) is 14.3 Å². The summed E-state index contributed by atoms with van der Waals surface area (Å²) in [5.41, 5.74) is 8.08. The minimum absolute atomic E-state index is 0.143. The van der Waals surface area contributed by atoms with Gasteiger partial charge in [-0.05, 0) is 26.8 Å². The molecular formula is C11H14N4O2. The fourth-order valence-corrected chi connectivity index (χ4v) is 1.74. The average molecular weight is 234 g/mol. The summed E-state index contributed by atoms with van der Waals surface area (Å²) in [6.45, 7) is 5.76. The highest BCUT2D eigenvalue weighted by Crippen LogP contribution is 2.19. The van der Waals surface area contributed by atoms with Gasteiger partial charge in [0.15, 0.2) is 11.5 Å². The van der Waals surface area contributed by atoms with E-state index in [1.54, 1.807) is 11.4 Å². The number of ether oxygens (including phenoxy) is 1. The maximum absolute atomic E-state index is 11.8. The summed E-state index contributed by atoms with van der Waals surface area (Å²) < 4.78 is 6.49. The molecule has 6 nitrogen and oxygen atoms in total. The van der Waals surface area contributed by atoms with Gasteiger partial charge in [-0.2, -0.15) is 0 Å². The van der Waals surface area contributed by atoms with Crippen molar-refractivity contribution in [2.24, 2.45) is 0 Å². The molecule has 2 N–H and O–H groups in total. The van der Waals surface area contributed by atoms with Crippen molar-refractivity contribution in [2.45, 2.75) is 20.8 Å². The molecule has 0 aromatic carbocycles. The summed E-state index contributed by atoms with van der Waals surface area (Å²) in [5, 5.41) is 4.09. The van der Waals surface area contributed by atoms with Crippen LogP contribution in [0.25, 0.3) is 5.65 Å². The Labute approximate surface area is 98.4 Å². The summed E-state index contributed by atoms with van der Waals surface area (Å²) in [4.78, 5) is 16.0. The molecule has 0 unspecified atom stereocenters. The molecule has 0 fully saturated rings. The summed E-state index contributed by atoms with van der Waals surface area (Å²) in [5.74, 6) is -0.345. The van der Waals surface area contributed by atoms with E-state index in [0.717, 1.165) is 11.4 Å². The summed E-state index contributed by atoms with van der Waals surface area (Å²) >= 11 is 0. The summed E-state index contributed by atoms with van der Waals surface area (Å²) in [6, 6.07) is 1.87. The highest BCUT2D eigenvalue weighted by molar-refractivity contribution is 6.00. The number of rotatable bonds is 2. The summed E-state index contributed by atoms with van der Waals surface area (Å²) in [6.07, 6.45) is 0. The second kappa shape index (κ2) is 4.04. The minimum atomic E-state index is -0.488. The van der Waals surface area contributed by atoms with Crippen LogP contribution < -0.4 is 5.73 Å². The van der Waals surface area contributed by atoms with E-state index in [2.05, 4.69) is 10.1 Å². The number of fused-ring (bicyclic) bond motifs is 1. The third-order valence-corrected chi connectivity index (χ3v) is 2.40. The molecule has 0 saturated heterocycles. The van der Waals surface area contributed by atoms with Crippen LogP contribution in [0, 0.1) is 13.8 Å². The van der Waals surface area contributed by atoms with E-state index in [4.69, 9.17) is 10.5 Å². The van der Waals surface area contributed by atoms with E-state index >= 15 is 0 Å². The van der Waals surface area contributed by atoms with Gasteiger partial charge in [0.25, 0.3) is 0 Å². The fourth-order valence-electron chi connectivity index (χ4n) is 1.74. The number of hydrogen-bond acceptors (Lipinski definition) is 5. The molecular weight excluding hydrogens is 220 g/mol. The number of nitrogens with two attached hydrogens (primary N) is 1. The topological polar surface area (TPSA) is 82.5 Å². The molecule has 2 rings (SSSR count). The first kappa shape index (κ1) is 11.4. The first-order valence-electron chi connectivity index (χ1n) is 5.34. The summed E-state index contributed by atoms with van der Waals surface area (Å²) in [7, 11) is 0. The largest absolute Gasteiger partial charge is 0.462 e. The Morgan fingerprint density at radius 3 is 2.88 bits per heavy atom. The lowest BCUT2D eigenvalue weighted by Gasteiger charge is -2.02. The van der Waals surface area contributed by atoms with E-state index in [-0.39, 0.29) is 11.4 Å². The second-order valence-corrected chi connectivity index (χ2v) is 3.76. The average Bonchev–Trinajstić information content (AvgIpc) is 2.55. The van der Waals surface area contributed by atoms with Gasteiger partial charge in [-0.3, -0.25) is 0 Å². The Morgan fingerprint density at radius 2 is 2.24 bits per heavy atom. The molecule has 0 aliphatic rings. The quantitative estimate of drug-likeness (QED) is 0.787. The molecule has 0 saturated carbocycles. The van der Waals surface area contributed by atoms with Crippen LogP contribution in [-0.2, 0) is 4.74 Å². The molecule has 6 heteroatoms. The second-order valence-electron chi connectivity index (χ2n) is 3.76. The van der Waals surface area contributed by atoms with Crippen LogP contribution in [0.3, 0.4) is 0 Å². The zero-order valence-electron chi connectivity index (χ0n) is 10.0. The van der Waals surface area contributed by atoms with E-state index in [1.807, 2.05) is 19.9 Å². The number of aryl methyl sites for hydroxylation is 2. The van der Waals surface area contributed by atoms with Gasteiger partial charge in [0, 0.05) is 11.4 Å². The molecule has 0 radical (unpaired) electrons. The van der Waals surface area contributed by atoms with Crippen molar-refractivity contribution in [1.29, 1.82) is 0 Å². The maximum Gasteiger partial charge on any atom is 0.345 e. The lowest BCUT2D eigenvalue weighted by atomic mass is 10.3. The number of nitrogens with zero attached hydrogens (tertiary/aromatic N) is 3. The Morgan fingerprint density at radius 1 is 1.53 bits per heavy atom. The van der Waals surface area contributed by atoms with E-state index < -0.39 is 5.97 Å². The predicted molar refractivity (Wildman–Crippen MR) is 62.8 cm³/mol. The number of nitrogen functional groups attached to an aromatic ring is 1. The Balaban J connectivity index is 2.70. The van der Waals surface area contributed by atoms with Crippen molar-refractivity contribution < 1.29 is 9.53 Å². The van der Waals surface area contributed by atoms with Crippen LogP contribution >= 0.6 is 0 Å². The van der Waals surface area contributed by atoms with Gasteiger partial charge in [0.1, 0.15) is 5.56 Å². The van der Waals surface area contributed by atoms with E-state index in [0.29, 0.717) is 12.3 Å². The van der Waals surface area contributed by atoms with Crippen LogP contribution in [0.2, 0.25) is 0 Å². The smallest absolute Gasteiger partial charge is 0.345 e. The van der Waals surface area contributed by atoms with Crippen molar-refractivity contribution in [1.82, 2.24) is 14.6 Å². The predicted octanol–water partition coefficient (Wildman–Crippen LogP) is 1.11. The van der Waals surface area contributed by atoms with Crippen molar-refractivity contribution in [3.8, 4) is 0 Å². The molecule has 2 aromatic rings. The Bertz CT molecular complexity index is 589. The van der Waals surface area contributed by atoms with Crippen LogP contribution in [0.1, 0.15) is 28.7 Å². The van der Waals surface area contributed by atoms with Gasteiger partial charge >= 0.3 is 5.97 Å². The first-order valence-corrected chi connectivity index (χ1v) is 5.34. The molecule has 0 amide bonds. The molecule has 0 aliphatic carbocycles. The van der Waals surface area contributed by atoms with Gasteiger partial charge in [-0.15, -0.1) is 5.10 Å². The lowest BCUT2D eigenvalue weighted by molar-refractivity contribution is 0.0529. The Hall–Kier alpha value is -2.11. The van der Waals surface area contributed by atoms with Gasteiger partial charge in [0.2, 0.25) is 0 Å². The third kappa shape index (κ3) is 1.82. The standard InChI is InChI=1S/C11H14N4O2/c1-4-17-11(16)8-9(12)14-15-7(3)5-6(2)13-10(8)15/h5H,4H2,1-3H3,(H2,12,14). The maximum atomic E-state index is 11.8. The highest BCUT2D eigenvalue weighted by Gasteiger charge is 2.21. The molecule has 0 atom stereocenters. The van der Waals surface area contributed by atoms with Crippen molar-refractivity contribution >= 4 is 17.4 Å². The number of carbonyl (C=O) groups excluding carboxylic acids is 1. The van der Waals surface area contributed by atoms with Crippen molar-refractivity contribution in [2.75, 3.05) is 12.3 Å². The van der Waals surface area contributed by atoms with Crippen LogP contribution in [-0.4, -0.2) is 27.2 Å². The molecule has 0 bridgehead atoms. The van der Waals surface area contributed by atoms with Gasteiger partial charge < -0.3 is 10.5 Å². The van der Waals surface area contributed by atoms with E-state index in [1.165, 1.54) is 0 Å². The van der Waals surface area contributed by atoms with E-state index in [9.17, 15) is 4.79 Å². The normalized spacial score (nSPS) is 10.8. The SMILES string of the molecule is CCOC(=O)c1c(N)nn2c(C)cc(C)nc12. The van der Waals surface area contributed by atoms with Gasteiger partial charge in [0.05, 0.1) is 6.61 Å². The molecule has 2 heterocycles. The zero-order chi connectivity index (χ0) is 12.6. The van der Waals surface area contributed by atoms with Crippen molar-refractivity contribution in [3.05, 3.63) is 23.0 Å². The highest BCUT2D eigenvalue weighted by atomic mass is 16.5. The molecule has 17 heavy (non-hydrogen) atoms. The lowest BCUT2D eigenvalue weighted by Crippen LogP contribution is -2.07. The number of carbonyl (C=O) groups is 1. The van der Waals surface area contributed by atoms with Crippen LogP contribution in [0.5, 0.6) is 0 Å². The zero-order valence-corrected chi connectivity index (χ0v) is 10.0. The van der Waals surface area contributed by atoms with Crippen molar-refractivity contribution in [3.63, 3.8) is 0 Å². The molecule has 2 aromatic heterocycles. The molecule has 0 aliphatic heterocycles. The Kier molecular flexibility index (Phi) is 2.71.